The summed E-state index contributed by atoms with van der Waals surface area (Å²) in [5.41, 5.74) is 2.90. The third-order valence-corrected chi connectivity index (χ3v) is 6.43. The molecule has 2 saturated carbocycles. The Morgan fingerprint density at radius 1 is 1.33 bits per heavy atom. The van der Waals surface area contributed by atoms with Gasteiger partial charge in [-0.25, -0.2) is 0 Å². The minimum atomic E-state index is 0.571. The Morgan fingerprint density at radius 2 is 2.07 bits per heavy atom. The molecule has 3 aliphatic carbocycles. The molecule has 0 N–H and O–H groups in total. The van der Waals surface area contributed by atoms with Crippen LogP contribution in [0.25, 0.3) is 0 Å². The van der Waals surface area contributed by atoms with Gasteiger partial charge in [0.15, 0.2) is 0 Å². The predicted octanol–water partition coefficient (Wildman–Crippen LogP) is 4.42. The summed E-state index contributed by atoms with van der Waals surface area (Å²) in [5.74, 6) is 2.93. The van der Waals surface area contributed by atoms with E-state index >= 15 is 0 Å². The molecule has 2 fully saturated rings. The SMILES string of the molecule is CC1=CCC2C[C@H]3C(C)CCC13C2(C)C. The average Bonchev–Trinajstić information content (AvgIpc) is 2.53. The first-order chi connectivity index (χ1) is 7.00. The van der Waals surface area contributed by atoms with E-state index in [4.69, 9.17) is 0 Å². The second-order valence-electron chi connectivity index (χ2n) is 6.87. The molecule has 2 bridgehead atoms. The molecule has 0 aromatic heterocycles. The number of hydrogen-bond acceptors (Lipinski definition) is 0. The Hall–Kier alpha value is -0.260. The minimum absolute atomic E-state index is 0.571. The molecule has 0 saturated heterocycles. The summed E-state index contributed by atoms with van der Waals surface area (Å²) in [6.07, 6.45) is 8.34. The Balaban J connectivity index is 2.17. The van der Waals surface area contributed by atoms with Crippen LogP contribution in [0.15, 0.2) is 11.6 Å². The molecule has 15 heavy (non-hydrogen) atoms. The molecule has 0 amide bonds. The number of fused-ring (bicyclic) bond motifs is 1. The van der Waals surface area contributed by atoms with Gasteiger partial charge in [0, 0.05) is 0 Å². The van der Waals surface area contributed by atoms with E-state index in [-0.39, 0.29) is 0 Å². The van der Waals surface area contributed by atoms with Crippen molar-refractivity contribution < 1.29 is 0 Å². The third kappa shape index (κ3) is 0.905. The van der Waals surface area contributed by atoms with Gasteiger partial charge in [0.2, 0.25) is 0 Å². The van der Waals surface area contributed by atoms with Gasteiger partial charge >= 0.3 is 0 Å². The third-order valence-electron chi connectivity index (χ3n) is 6.43. The van der Waals surface area contributed by atoms with Gasteiger partial charge in [0.1, 0.15) is 0 Å². The summed E-state index contributed by atoms with van der Waals surface area (Å²) in [4.78, 5) is 0. The van der Waals surface area contributed by atoms with Crippen molar-refractivity contribution in [3.63, 3.8) is 0 Å². The fourth-order valence-corrected chi connectivity index (χ4v) is 5.42. The highest BCUT2D eigenvalue weighted by Gasteiger charge is 2.64. The maximum atomic E-state index is 2.56. The molecule has 3 aliphatic rings. The zero-order chi connectivity index (χ0) is 10.8. The van der Waals surface area contributed by atoms with Gasteiger partial charge in [-0.1, -0.05) is 32.4 Å². The van der Waals surface area contributed by atoms with Crippen molar-refractivity contribution in [2.24, 2.45) is 28.6 Å². The van der Waals surface area contributed by atoms with Crippen LogP contribution in [-0.4, -0.2) is 0 Å². The lowest BCUT2D eigenvalue weighted by molar-refractivity contribution is 0.0786. The van der Waals surface area contributed by atoms with Crippen LogP contribution >= 0.6 is 0 Å². The van der Waals surface area contributed by atoms with E-state index in [9.17, 15) is 0 Å². The van der Waals surface area contributed by atoms with Gasteiger partial charge in [-0.2, -0.15) is 0 Å². The van der Waals surface area contributed by atoms with Crippen LogP contribution in [0.2, 0.25) is 0 Å². The number of hydrogen-bond donors (Lipinski definition) is 0. The van der Waals surface area contributed by atoms with Gasteiger partial charge in [0.25, 0.3) is 0 Å². The molecule has 0 heterocycles. The highest BCUT2D eigenvalue weighted by atomic mass is 14.7. The van der Waals surface area contributed by atoms with E-state index in [1.165, 1.54) is 25.7 Å². The van der Waals surface area contributed by atoms with Crippen molar-refractivity contribution in [3.05, 3.63) is 11.6 Å². The minimum Gasteiger partial charge on any atom is -0.0847 e. The number of rotatable bonds is 0. The van der Waals surface area contributed by atoms with E-state index in [2.05, 4.69) is 33.8 Å². The van der Waals surface area contributed by atoms with Crippen molar-refractivity contribution in [3.8, 4) is 0 Å². The van der Waals surface area contributed by atoms with E-state index in [1.807, 2.05) is 0 Å². The smallest absolute Gasteiger partial charge is 0.000604 e. The lowest BCUT2D eigenvalue weighted by Gasteiger charge is -2.48. The first kappa shape index (κ1) is 9.93. The monoisotopic (exact) mass is 204 g/mol. The molecule has 4 atom stereocenters. The summed E-state index contributed by atoms with van der Waals surface area (Å²) in [6.45, 7) is 10.00. The molecule has 0 heteroatoms. The van der Waals surface area contributed by atoms with Gasteiger partial charge in [-0.15, -0.1) is 0 Å². The number of allylic oxidation sites excluding steroid dienone is 2. The zero-order valence-corrected chi connectivity index (χ0v) is 10.6. The summed E-state index contributed by atoms with van der Waals surface area (Å²) in [7, 11) is 0. The normalized spacial score (nSPS) is 51.5. The lowest BCUT2D eigenvalue weighted by atomic mass is 9.56. The van der Waals surface area contributed by atoms with Crippen LogP contribution in [0.5, 0.6) is 0 Å². The standard InChI is InChI=1S/C15H24/c1-10-7-8-15-11(2)5-6-12(9-13(10)15)14(15,3)4/h5,10,12-13H,6-9H2,1-4H3/t10?,12?,13-,15?/m0/s1. The largest absolute Gasteiger partial charge is 0.0847 e. The molecule has 0 aromatic rings. The van der Waals surface area contributed by atoms with Gasteiger partial charge in [-0.05, 0) is 61.2 Å². The van der Waals surface area contributed by atoms with Crippen LogP contribution in [0.1, 0.15) is 53.4 Å². The summed E-state index contributed by atoms with van der Waals surface area (Å²) < 4.78 is 0. The molecule has 3 rings (SSSR count). The molecule has 3 unspecified atom stereocenters. The van der Waals surface area contributed by atoms with E-state index in [0.717, 1.165) is 17.8 Å². The van der Waals surface area contributed by atoms with E-state index in [1.54, 1.807) is 5.57 Å². The molecular weight excluding hydrogens is 180 g/mol. The topological polar surface area (TPSA) is 0 Å². The van der Waals surface area contributed by atoms with Crippen LogP contribution in [-0.2, 0) is 0 Å². The fraction of sp³-hybridized carbons (Fsp3) is 0.867. The molecule has 84 valence electrons. The predicted molar refractivity (Wildman–Crippen MR) is 64.6 cm³/mol. The Kier molecular flexibility index (Phi) is 1.79. The summed E-state index contributed by atoms with van der Waals surface area (Å²) in [6, 6.07) is 0. The van der Waals surface area contributed by atoms with Crippen molar-refractivity contribution in [2.75, 3.05) is 0 Å². The first-order valence-electron chi connectivity index (χ1n) is 6.67. The van der Waals surface area contributed by atoms with Gasteiger partial charge < -0.3 is 0 Å². The molecule has 0 aromatic carbocycles. The van der Waals surface area contributed by atoms with Crippen LogP contribution in [0.3, 0.4) is 0 Å². The summed E-state index contributed by atoms with van der Waals surface area (Å²) in [5, 5.41) is 0. The quantitative estimate of drug-likeness (QED) is 0.513. The molecular formula is C15H24. The second kappa shape index (κ2) is 2.70. The fourth-order valence-electron chi connectivity index (χ4n) is 5.42. The highest BCUT2D eigenvalue weighted by Crippen LogP contribution is 2.72. The zero-order valence-electron chi connectivity index (χ0n) is 10.6. The Bertz CT molecular complexity index is 323. The highest BCUT2D eigenvalue weighted by molar-refractivity contribution is 5.30. The average molecular weight is 204 g/mol. The molecule has 0 aliphatic heterocycles. The maximum Gasteiger partial charge on any atom is -0.000604 e. The van der Waals surface area contributed by atoms with E-state index < -0.39 is 0 Å². The van der Waals surface area contributed by atoms with Gasteiger partial charge in [-0.3, -0.25) is 0 Å². The van der Waals surface area contributed by atoms with Crippen LogP contribution in [0, 0.1) is 28.6 Å². The van der Waals surface area contributed by atoms with Crippen LogP contribution in [0.4, 0.5) is 0 Å². The van der Waals surface area contributed by atoms with Crippen LogP contribution < -0.4 is 0 Å². The summed E-state index contributed by atoms with van der Waals surface area (Å²) >= 11 is 0. The second-order valence-corrected chi connectivity index (χ2v) is 6.87. The molecule has 0 radical (unpaired) electrons. The molecule has 1 spiro atoms. The van der Waals surface area contributed by atoms with E-state index in [0.29, 0.717) is 10.8 Å². The first-order valence-corrected chi connectivity index (χ1v) is 6.67. The maximum absolute atomic E-state index is 2.56. The van der Waals surface area contributed by atoms with Crippen molar-refractivity contribution >= 4 is 0 Å². The van der Waals surface area contributed by atoms with Crippen molar-refractivity contribution in [1.29, 1.82) is 0 Å². The van der Waals surface area contributed by atoms with Crippen molar-refractivity contribution in [1.82, 2.24) is 0 Å². The Labute approximate surface area is 94.1 Å². The molecule has 0 nitrogen and oxygen atoms in total. The lowest BCUT2D eigenvalue weighted by Crippen LogP contribution is -2.41. The van der Waals surface area contributed by atoms with Crippen molar-refractivity contribution in [2.45, 2.75) is 53.4 Å². The van der Waals surface area contributed by atoms with Gasteiger partial charge in [0.05, 0.1) is 0 Å². The Morgan fingerprint density at radius 3 is 2.80 bits per heavy atom.